The normalized spacial score (nSPS) is 16.6. The molecular weight excluding hydrogens is 288 g/mol. The molecule has 0 unspecified atom stereocenters. The summed E-state index contributed by atoms with van der Waals surface area (Å²) in [5, 5.41) is 6.02. The summed E-state index contributed by atoms with van der Waals surface area (Å²) in [6, 6.07) is 6.58. The monoisotopic (exact) mass is 310 g/mol. The third-order valence-corrected chi connectivity index (χ3v) is 5.60. The molecule has 1 heterocycles. The van der Waals surface area contributed by atoms with Crippen LogP contribution in [0.2, 0.25) is 0 Å². The van der Waals surface area contributed by atoms with Gasteiger partial charge in [0.2, 0.25) is 5.91 Å². The molecule has 0 aromatic heterocycles. The Hall–Kier alpha value is -1.40. The van der Waals surface area contributed by atoms with Crippen molar-refractivity contribution >= 4 is 21.4 Å². The molecule has 1 aromatic carbocycles. The van der Waals surface area contributed by atoms with E-state index >= 15 is 0 Å². The van der Waals surface area contributed by atoms with Crippen molar-refractivity contribution in [3.05, 3.63) is 24.3 Å². The predicted octanol–water partition coefficient (Wildman–Crippen LogP) is 1.81. The van der Waals surface area contributed by atoms with Gasteiger partial charge in [-0.15, -0.1) is 0 Å². The number of amides is 1. The zero-order valence-corrected chi connectivity index (χ0v) is 13.1. The fraction of sp³-hybridized carbons (Fsp3) is 0.533. The lowest BCUT2D eigenvalue weighted by atomic mass is 9.94. The predicted molar refractivity (Wildman–Crippen MR) is 83.0 cm³/mol. The van der Waals surface area contributed by atoms with Crippen LogP contribution in [0.5, 0.6) is 0 Å². The average Bonchev–Trinajstić information content (AvgIpc) is 2.48. The minimum atomic E-state index is -3.33. The summed E-state index contributed by atoms with van der Waals surface area (Å²) in [6.45, 7) is 3.49. The zero-order valence-electron chi connectivity index (χ0n) is 12.3. The quantitative estimate of drug-likeness (QED) is 0.870. The minimum absolute atomic E-state index is 0.0220. The topological polar surface area (TPSA) is 75.3 Å². The van der Waals surface area contributed by atoms with E-state index in [-0.39, 0.29) is 16.6 Å². The van der Waals surface area contributed by atoms with Crippen molar-refractivity contribution in [1.82, 2.24) is 5.32 Å². The number of hydrogen-bond acceptors (Lipinski definition) is 4. The van der Waals surface area contributed by atoms with E-state index in [9.17, 15) is 13.2 Å². The third-order valence-electron chi connectivity index (χ3n) is 3.81. The molecule has 116 valence electrons. The first-order valence-electron chi connectivity index (χ1n) is 7.35. The summed E-state index contributed by atoms with van der Waals surface area (Å²) in [4.78, 5) is 12.3. The Morgan fingerprint density at radius 2 is 1.95 bits per heavy atom. The van der Waals surface area contributed by atoms with Gasteiger partial charge in [-0.1, -0.05) is 19.1 Å². The average molecular weight is 310 g/mol. The highest BCUT2D eigenvalue weighted by Gasteiger charge is 2.20. The molecule has 1 fully saturated rings. The van der Waals surface area contributed by atoms with E-state index in [1.54, 1.807) is 31.2 Å². The molecule has 6 heteroatoms. The van der Waals surface area contributed by atoms with Crippen molar-refractivity contribution in [3.63, 3.8) is 0 Å². The largest absolute Gasteiger partial charge is 0.325 e. The molecule has 0 atom stereocenters. The summed E-state index contributed by atoms with van der Waals surface area (Å²) >= 11 is 0. The highest BCUT2D eigenvalue weighted by atomic mass is 32.2. The fourth-order valence-electron chi connectivity index (χ4n) is 2.55. The number of rotatable bonds is 5. The van der Waals surface area contributed by atoms with Crippen LogP contribution in [-0.2, 0) is 14.6 Å². The van der Waals surface area contributed by atoms with E-state index in [0.717, 1.165) is 25.9 Å². The van der Waals surface area contributed by atoms with E-state index in [2.05, 4.69) is 10.6 Å². The Bertz CT molecular complexity index is 593. The number of benzene rings is 1. The van der Waals surface area contributed by atoms with E-state index in [4.69, 9.17) is 0 Å². The van der Waals surface area contributed by atoms with Crippen molar-refractivity contribution in [2.75, 3.05) is 24.2 Å². The maximum atomic E-state index is 12.1. The molecule has 0 radical (unpaired) electrons. The van der Waals surface area contributed by atoms with Gasteiger partial charge >= 0.3 is 0 Å². The number of carbonyl (C=O) groups is 1. The van der Waals surface area contributed by atoms with Crippen LogP contribution < -0.4 is 10.6 Å². The number of nitrogens with one attached hydrogen (secondary N) is 2. The van der Waals surface area contributed by atoms with Crippen molar-refractivity contribution in [3.8, 4) is 0 Å². The first-order chi connectivity index (χ1) is 10.0. The number of anilines is 1. The Kier molecular flexibility index (Phi) is 5.36. The molecule has 0 spiro atoms. The van der Waals surface area contributed by atoms with Crippen LogP contribution in [0.25, 0.3) is 0 Å². The summed E-state index contributed by atoms with van der Waals surface area (Å²) in [5.41, 5.74) is 0.387. The molecule has 5 nitrogen and oxygen atoms in total. The number of para-hydroxylation sites is 1. The molecule has 2 N–H and O–H groups in total. The second-order valence-corrected chi connectivity index (χ2v) is 7.59. The van der Waals surface area contributed by atoms with Gasteiger partial charge in [-0.05, 0) is 44.0 Å². The molecule has 0 aliphatic carbocycles. The number of sulfone groups is 1. The first kappa shape index (κ1) is 16.0. The number of carbonyl (C=O) groups excluding carboxylic acids is 1. The Balaban J connectivity index is 2.07. The van der Waals surface area contributed by atoms with Crippen LogP contribution >= 0.6 is 0 Å². The van der Waals surface area contributed by atoms with Crippen molar-refractivity contribution < 1.29 is 13.2 Å². The summed E-state index contributed by atoms with van der Waals surface area (Å²) in [6.07, 6.45) is 2.42. The summed E-state index contributed by atoms with van der Waals surface area (Å²) in [7, 11) is -3.33. The van der Waals surface area contributed by atoms with Gasteiger partial charge in [0.15, 0.2) is 9.84 Å². The Labute approximate surface area is 126 Å². The first-order valence-corrected chi connectivity index (χ1v) is 9.00. The molecule has 1 aromatic rings. The van der Waals surface area contributed by atoms with Crippen LogP contribution in [0.3, 0.4) is 0 Å². The highest BCUT2D eigenvalue weighted by Crippen LogP contribution is 2.23. The molecule has 1 amide bonds. The molecule has 1 aliphatic rings. The lowest BCUT2D eigenvalue weighted by Crippen LogP contribution is -2.30. The number of hydrogen-bond donors (Lipinski definition) is 2. The molecule has 1 aliphatic heterocycles. The molecular formula is C15H22N2O3S. The van der Waals surface area contributed by atoms with Crippen LogP contribution in [0.1, 0.15) is 26.2 Å². The number of piperidine rings is 1. The van der Waals surface area contributed by atoms with E-state index in [1.165, 1.54) is 0 Å². The molecule has 1 saturated heterocycles. The third kappa shape index (κ3) is 4.28. The van der Waals surface area contributed by atoms with Gasteiger partial charge in [0, 0.05) is 6.42 Å². The van der Waals surface area contributed by atoms with Crippen molar-refractivity contribution in [2.24, 2.45) is 5.92 Å². The van der Waals surface area contributed by atoms with Crippen LogP contribution in [0.15, 0.2) is 29.2 Å². The van der Waals surface area contributed by atoms with Gasteiger partial charge in [0.25, 0.3) is 0 Å². The van der Waals surface area contributed by atoms with Crippen LogP contribution in [-0.4, -0.2) is 33.2 Å². The second kappa shape index (κ2) is 7.04. The second-order valence-electron chi connectivity index (χ2n) is 5.35. The Morgan fingerprint density at radius 1 is 1.29 bits per heavy atom. The van der Waals surface area contributed by atoms with Gasteiger partial charge in [-0.25, -0.2) is 8.42 Å². The smallest absolute Gasteiger partial charge is 0.224 e. The lowest BCUT2D eigenvalue weighted by molar-refractivity contribution is -0.117. The van der Waals surface area contributed by atoms with Crippen LogP contribution in [0.4, 0.5) is 5.69 Å². The molecule has 21 heavy (non-hydrogen) atoms. The highest BCUT2D eigenvalue weighted by molar-refractivity contribution is 7.91. The van der Waals surface area contributed by atoms with Crippen LogP contribution in [0, 0.1) is 5.92 Å². The van der Waals surface area contributed by atoms with Gasteiger partial charge in [0.1, 0.15) is 0 Å². The van der Waals surface area contributed by atoms with Crippen molar-refractivity contribution in [2.45, 2.75) is 31.1 Å². The lowest BCUT2D eigenvalue weighted by Gasteiger charge is -2.22. The van der Waals surface area contributed by atoms with Gasteiger partial charge in [-0.3, -0.25) is 4.79 Å². The standard InChI is InChI=1S/C15H22N2O3S/c1-2-21(19,20)14-6-4-3-5-13(14)17-15(18)11-12-7-9-16-10-8-12/h3-6,12,16H,2,7-11H2,1H3,(H,17,18). The van der Waals surface area contributed by atoms with Gasteiger partial charge in [-0.2, -0.15) is 0 Å². The molecule has 0 bridgehead atoms. The van der Waals surface area contributed by atoms with Gasteiger partial charge < -0.3 is 10.6 Å². The molecule has 0 saturated carbocycles. The Morgan fingerprint density at radius 3 is 2.62 bits per heavy atom. The summed E-state index contributed by atoms with van der Waals surface area (Å²) < 4.78 is 24.1. The fourth-order valence-corrected chi connectivity index (χ4v) is 3.60. The SMILES string of the molecule is CCS(=O)(=O)c1ccccc1NC(=O)CC1CCNCC1. The van der Waals surface area contributed by atoms with Crippen molar-refractivity contribution in [1.29, 1.82) is 0 Å². The maximum absolute atomic E-state index is 12.1. The van der Waals surface area contributed by atoms with Gasteiger partial charge in [0.05, 0.1) is 16.3 Å². The summed E-state index contributed by atoms with van der Waals surface area (Å²) in [5.74, 6) is 0.288. The van der Waals surface area contributed by atoms with E-state index in [0.29, 0.717) is 18.0 Å². The minimum Gasteiger partial charge on any atom is -0.325 e. The maximum Gasteiger partial charge on any atom is 0.224 e. The zero-order chi connectivity index (χ0) is 15.3. The van der Waals surface area contributed by atoms with E-state index < -0.39 is 9.84 Å². The molecule has 2 rings (SSSR count). The van der Waals surface area contributed by atoms with E-state index in [1.807, 2.05) is 0 Å².